The molecule has 0 saturated heterocycles. The molecule has 1 aromatic rings. The highest BCUT2D eigenvalue weighted by Gasteiger charge is 2.31. The fourth-order valence-corrected chi connectivity index (χ4v) is 2.52. The number of carboxylic acid groups (broad SMARTS) is 1. The molecule has 2 N–H and O–H groups in total. The zero-order valence-corrected chi connectivity index (χ0v) is 10.7. The second-order valence-electron chi connectivity index (χ2n) is 3.96. The fourth-order valence-electron chi connectivity index (χ4n) is 1.35. The maximum Gasteiger partial charge on any atom is 0.336 e. The van der Waals surface area contributed by atoms with Crippen molar-refractivity contribution in [3.8, 4) is 0 Å². The van der Waals surface area contributed by atoms with Gasteiger partial charge in [0.25, 0.3) is 0 Å². The summed E-state index contributed by atoms with van der Waals surface area (Å²) in [5, 5.41) is 18.3. The molecule has 0 aliphatic carbocycles. The number of halogens is 1. The molecular formula is C10H14ClNO3S. The zero-order valence-electron chi connectivity index (χ0n) is 9.11. The molecule has 90 valence electrons. The van der Waals surface area contributed by atoms with Crippen LogP contribution in [0, 0.1) is 0 Å². The van der Waals surface area contributed by atoms with Gasteiger partial charge in [0.2, 0.25) is 0 Å². The number of nitrogens with zero attached hydrogens (tertiary/aromatic N) is 1. The third-order valence-corrected chi connectivity index (χ3v) is 3.31. The lowest BCUT2D eigenvalue weighted by Crippen LogP contribution is -2.45. The fraction of sp³-hybridized carbons (Fsp3) is 0.500. The van der Waals surface area contributed by atoms with Gasteiger partial charge in [-0.05, 0) is 26.1 Å². The van der Waals surface area contributed by atoms with E-state index in [1.807, 2.05) is 6.07 Å². The molecule has 0 fully saturated rings. The lowest BCUT2D eigenvalue weighted by atomic mass is 10.1. The van der Waals surface area contributed by atoms with Crippen LogP contribution in [-0.2, 0) is 11.3 Å². The molecule has 1 atom stereocenters. The molecule has 1 rings (SSSR count). The standard InChI is InChI=1S/C10H14ClNO3S/c1-10(15,9(13)14)6-12(2)5-7-3-4-8(11)16-7/h3-4,15H,5-6H2,1-2H3,(H,13,14). The first-order valence-corrected chi connectivity index (χ1v) is 5.89. The quantitative estimate of drug-likeness (QED) is 0.848. The SMILES string of the molecule is CN(Cc1ccc(Cl)s1)CC(C)(O)C(=O)O. The van der Waals surface area contributed by atoms with E-state index in [2.05, 4.69) is 0 Å². The van der Waals surface area contributed by atoms with E-state index in [4.69, 9.17) is 16.7 Å². The summed E-state index contributed by atoms with van der Waals surface area (Å²) in [6.07, 6.45) is 0. The zero-order chi connectivity index (χ0) is 12.3. The number of thiophene rings is 1. The molecule has 1 aromatic heterocycles. The van der Waals surface area contributed by atoms with Crippen LogP contribution in [0.25, 0.3) is 0 Å². The normalized spacial score (nSPS) is 15.1. The van der Waals surface area contributed by atoms with Gasteiger partial charge in [-0.2, -0.15) is 0 Å². The van der Waals surface area contributed by atoms with Crippen LogP contribution in [0.4, 0.5) is 0 Å². The van der Waals surface area contributed by atoms with Gasteiger partial charge in [-0.1, -0.05) is 11.6 Å². The van der Waals surface area contributed by atoms with Crippen LogP contribution < -0.4 is 0 Å². The molecule has 1 unspecified atom stereocenters. The molecule has 0 aliphatic heterocycles. The first-order chi connectivity index (χ1) is 7.31. The summed E-state index contributed by atoms with van der Waals surface area (Å²) in [6, 6.07) is 3.68. The highest BCUT2D eigenvalue weighted by atomic mass is 35.5. The summed E-state index contributed by atoms with van der Waals surface area (Å²) >= 11 is 7.23. The van der Waals surface area contributed by atoms with Crippen molar-refractivity contribution in [1.82, 2.24) is 4.90 Å². The van der Waals surface area contributed by atoms with Crippen LogP contribution in [0.1, 0.15) is 11.8 Å². The van der Waals surface area contributed by atoms with Gasteiger partial charge in [0.1, 0.15) is 0 Å². The van der Waals surface area contributed by atoms with Gasteiger partial charge in [0.05, 0.1) is 4.34 Å². The van der Waals surface area contributed by atoms with Gasteiger partial charge in [-0.25, -0.2) is 4.79 Å². The van der Waals surface area contributed by atoms with Gasteiger partial charge in [0, 0.05) is 18.0 Å². The predicted molar refractivity (Wildman–Crippen MR) is 63.9 cm³/mol. The van der Waals surface area contributed by atoms with E-state index in [9.17, 15) is 9.90 Å². The van der Waals surface area contributed by atoms with Crippen molar-refractivity contribution >= 4 is 28.9 Å². The van der Waals surface area contributed by atoms with E-state index in [0.717, 1.165) is 4.88 Å². The molecule has 6 heteroatoms. The van der Waals surface area contributed by atoms with E-state index in [1.54, 1.807) is 18.0 Å². The summed E-state index contributed by atoms with van der Waals surface area (Å²) in [6.45, 7) is 1.92. The van der Waals surface area contributed by atoms with Gasteiger partial charge < -0.3 is 10.2 Å². The van der Waals surface area contributed by atoms with E-state index < -0.39 is 11.6 Å². The Balaban J connectivity index is 2.54. The Hall–Kier alpha value is -0.620. The smallest absolute Gasteiger partial charge is 0.336 e. The number of rotatable bonds is 5. The van der Waals surface area contributed by atoms with E-state index in [0.29, 0.717) is 10.9 Å². The van der Waals surface area contributed by atoms with Gasteiger partial charge >= 0.3 is 5.97 Å². The molecule has 0 bridgehead atoms. The molecule has 0 radical (unpaired) electrons. The summed E-state index contributed by atoms with van der Waals surface area (Å²) in [5.41, 5.74) is -1.73. The Labute approximate surface area is 103 Å². The van der Waals surface area contributed by atoms with Crippen LogP contribution in [0.15, 0.2) is 12.1 Å². The molecule has 0 spiro atoms. The maximum atomic E-state index is 10.7. The minimum atomic E-state index is -1.73. The third kappa shape index (κ3) is 3.75. The van der Waals surface area contributed by atoms with E-state index in [-0.39, 0.29) is 6.54 Å². The highest BCUT2D eigenvalue weighted by molar-refractivity contribution is 7.16. The van der Waals surface area contributed by atoms with Crippen molar-refractivity contribution in [3.63, 3.8) is 0 Å². The summed E-state index contributed by atoms with van der Waals surface area (Å²) < 4.78 is 0.702. The highest BCUT2D eigenvalue weighted by Crippen LogP contribution is 2.22. The first-order valence-electron chi connectivity index (χ1n) is 4.70. The number of hydrogen-bond donors (Lipinski definition) is 2. The Kier molecular flexibility index (Phi) is 4.32. The number of aliphatic carboxylic acids is 1. The van der Waals surface area contributed by atoms with Gasteiger partial charge in [0.15, 0.2) is 5.60 Å². The lowest BCUT2D eigenvalue weighted by Gasteiger charge is -2.24. The Morgan fingerprint density at radius 1 is 1.62 bits per heavy atom. The van der Waals surface area contributed by atoms with Crippen LogP contribution >= 0.6 is 22.9 Å². The molecule has 16 heavy (non-hydrogen) atoms. The van der Waals surface area contributed by atoms with Crippen LogP contribution in [0.5, 0.6) is 0 Å². The van der Waals surface area contributed by atoms with Crippen molar-refractivity contribution in [2.45, 2.75) is 19.1 Å². The second-order valence-corrected chi connectivity index (χ2v) is 5.76. The Morgan fingerprint density at radius 3 is 2.69 bits per heavy atom. The molecule has 0 aromatic carbocycles. The van der Waals surface area contributed by atoms with Crippen molar-refractivity contribution in [1.29, 1.82) is 0 Å². The second kappa shape index (κ2) is 5.14. The minimum Gasteiger partial charge on any atom is -0.479 e. The van der Waals surface area contributed by atoms with Gasteiger partial charge in [-0.3, -0.25) is 4.90 Å². The topological polar surface area (TPSA) is 60.8 Å². The molecule has 0 saturated carbocycles. The van der Waals surface area contributed by atoms with E-state index in [1.165, 1.54) is 18.3 Å². The molecule has 0 amide bonds. The molecule has 1 heterocycles. The van der Waals surface area contributed by atoms with Crippen LogP contribution in [0.3, 0.4) is 0 Å². The Bertz CT molecular complexity index is 378. The van der Waals surface area contributed by atoms with Gasteiger partial charge in [-0.15, -0.1) is 11.3 Å². The molecule has 4 nitrogen and oxygen atoms in total. The first kappa shape index (κ1) is 13.4. The van der Waals surface area contributed by atoms with E-state index >= 15 is 0 Å². The monoisotopic (exact) mass is 263 g/mol. The summed E-state index contributed by atoms with van der Waals surface area (Å²) in [5.74, 6) is -1.22. The largest absolute Gasteiger partial charge is 0.479 e. The number of aliphatic hydroxyl groups is 1. The maximum absolute atomic E-state index is 10.7. The van der Waals surface area contributed by atoms with Crippen molar-refractivity contribution < 1.29 is 15.0 Å². The Morgan fingerprint density at radius 2 is 2.25 bits per heavy atom. The van der Waals surface area contributed by atoms with Crippen LogP contribution in [-0.4, -0.2) is 40.3 Å². The third-order valence-electron chi connectivity index (χ3n) is 2.09. The summed E-state index contributed by atoms with van der Waals surface area (Å²) in [4.78, 5) is 13.5. The average molecular weight is 264 g/mol. The predicted octanol–water partition coefficient (Wildman–Crippen LogP) is 1.67. The molecular weight excluding hydrogens is 250 g/mol. The number of likely N-dealkylation sites (N-methyl/N-ethyl adjacent to an activating group) is 1. The number of carbonyl (C=O) groups is 1. The number of hydrogen-bond acceptors (Lipinski definition) is 4. The van der Waals surface area contributed by atoms with Crippen molar-refractivity contribution in [2.24, 2.45) is 0 Å². The summed E-state index contributed by atoms with van der Waals surface area (Å²) in [7, 11) is 1.75. The van der Waals surface area contributed by atoms with Crippen molar-refractivity contribution in [3.05, 3.63) is 21.3 Å². The minimum absolute atomic E-state index is 0.0673. The lowest BCUT2D eigenvalue weighted by molar-refractivity contribution is -0.158. The van der Waals surface area contributed by atoms with Crippen molar-refractivity contribution in [2.75, 3.05) is 13.6 Å². The molecule has 0 aliphatic rings. The number of carboxylic acids is 1. The average Bonchev–Trinajstić information content (AvgIpc) is 2.49. The van der Waals surface area contributed by atoms with Crippen LogP contribution in [0.2, 0.25) is 4.34 Å².